The minimum absolute atomic E-state index is 0. The normalized spacial score (nSPS) is 9.33. The van der Waals surface area contributed by atoms with Gasteiger partial charge in [-0.25, -0.2) is 4.98 Å². The first kappa shape index (κ1) is 10.0. The van der Waals surface area contributed by atoms with E-state index in [0.717, 1.165) is 0 Å². The number of nitrogens with zero attached hydrogens (tertiary/aromatic N) is 3. The van der Waals surface area contributed by atoms with E-state index in [1.807, 2.05) is 0 Å². The van der Waals surface area contributed by atoms with E-state index in [-0.39, 0.29) is 51.4 Å². The average molecular weight is 185 g/mol. The average Bonchev–Trinajstić information content (AvgIpc) is 2.50. The van der Waals surface area contributed by atoms with Gasteiger partial charge in [-0.3, -0.25) is 4.98 Å². The van der Waals surface area contributed by atoms with E-state index >= 15 is 0 Å². The Morgan fingerprint density at radius 2 is 2.25 bits per heavy atom. The molecule has 2 rings (SSSR count). The molecule has 0 amide bonds. The maximum Gasteiger partial charge on any atom is 1.00 e. The fraction of sp³-hybridized carbons (Fsp3) is 0. The summed E-state index contributed by atoms with van der Waals surface area (Å²) in [5.41, 5.74) is 0.426. The maximum absolute atomic E-state index is 10.2. The van der Waals surface area contributed by atoms with Crippen molar-refractivity contribution in [2.24, 2.45) is 0 Å². The number of imidazole rings is 1. The third-order valence-corrected chi connectivity index (χ3v) is 1.36. The quantitative estimate of drug-likeness (QED) is 0.356. The first-order valence-corrected chi connectivity index (χ1v) is 3.07. The van der Waals surface area contributed by atoms with Gasteiger partial charge in [-0.05, 0) is 0 Å². The first-order chi connectivity index (χ1) is 5.40. The van der Waals surface area contributed by atoms with Crippen molar-refractivity contribution < 1.29 is 56.2 Å². The summed E-state index contributed by atoms with van der Waals surface area (Å²) in [6.45, 7) is 0. The summed E-state index contributed by atoms with van der Waals surface area (Å²) < 4.78 is 1.67. The van der Waals surface area contributed by atoms with Crippen molar-refractivity contribution >= 4 is 12.1 Å². The fourth-order valence-electron chi connectivity index (χ4n) is 0.869. The van der Waals surface area contributed by atoms with E-state index in [1.165, 1.54) is 6.20 Å². The van der Waals surface area contributed by atoms with Crippen molar-refractivity contribution in [3.63, 3.8) is 0 Å². The minimum Gasteiger partial charge on any atom is -0.376 e. The first-order valence-electron chi connectivity index (χ1n) is 3.07. The summed E-state index contributed by atoms with van der Waals surface area (Å²) >= 11 is 0. The molecule has 2 heterocycles. The molecule has 0 radical (unpaired) electrons. The Bertz CT molecular complexity index is 398. The number of fused-ring (bicyclic) bond motifs is 1. The van der Waals surface area contributed by atoms with Crippen LogP contribution < -0.4 is 51.4 Å². The Hall–Kier alpha value is -0.0736. The van der Waals surface area contributed by atoms with Crippen LogP contribution in [0.15, 0.2) is 24.8 Å². The van der Waals surface area contributed by atoms with Crippen LogP contribution in [0.1, 0.15) is 5.56 Å². The summed E-state index contributed by atoms with van der Waals surface area (Å²) in [5.74, 6) is 0.587. The molecule has 0 N–H and O–H groups in total. The van der Waals surface area contributed by atoms with Crippen molar-refractivity contribution in [3.05, 3.63) is 30.4 Å². The molecule has 4 nitrogen and oxygen atoms in total. The molecular formula is C7H4KN3O. The van der Waals surface area contributed by atoms with E-state index in [0.29, 0.717) is 11.3 Å². The Kier molecular flexibility index (Phi) is 3.54. The molecule has 54 valence electrons. The van der Waals surface area contributed by atoms with Gasteiger partial charge in [-0.2, -0.15) is 0 Å². The van der Waals surface area contributed by atoms with Gasteiger partial charge in [-0.15, -0.1) is 5.56 Å². The molecule has 0 aliphatic rings. The SMILES string of the molecule is O=[C-]c1cnc2nccn2c1.[K+]. The van der Waals surface area contributed by atoms with E-state index in [2.05, 4.69) is 9.97 Å². The summed E-state index contributed by atoms with van der Waals surface area (Å²) in [5, 5.41) is 0. The van der Waals surface area contributed by atoms with Gasteiger partial charge in [0.2, 0.25) is 5.78 Å². The second kappa shape index (κ2) is 4.24. The van der Waals surface area contributed by atoms with Gasteiger partial charge in [0.15, 0.2) is 0 Å². The molecule has 0 aliphatic heterocycles. The van der Waals surface area contributed by atoms with Crippen LogP contribution in [0.25, 0.3) is 5.78 Å². The number of carbonyl (C=O) groups excluding carboxylic acids is 1. The summed E-state index contributed by atoms with van der Waals surface area (Å²) in [6.07, 6.45) is 8.16. The summed E-state index contributed by atoms with van der Waals surface area (Å²) in [6, 6.07) is 0. The zero-order valence-electron chi connectivity index (χ0n) is 6.56. The van der Waals surface area contributed by atoms with Crippen LogP contribution in [0, 0.1) is 0 Å². The van der Waals surface area contributed by atoms with Gasteiger partial charge in [0.05, 0.1) is 6.29 Å². The molecule has 12 heavy (non-hydrogen) atoms. The van der Waals surface area contributed by atoms with Crippen LogP contribution in [0.2, 0.25) is 0 Å². The monoisotopic (exact) mass is 185 g/mol. The molecule has 0 atom stereocenters. The molecule has 0 spiro atoms. The maximum atomic E-state index is 10.2. The molecule has 0 fully saturated rings. The molecule has 0 saturated heterocycles. The van der Waals surface area contributed by atoms with Gasteiger partial charge >= 0.3 is 51.4 Å². The van der Waals surface area contributed by atoms with Gasteiger partial charge in [0.1, 0.15) is 0 Å². The Labute approximate surface area is 111 Å². The third-order valence-electron chi connectivity index (χ3n) is 1.36. The Balaban J connectivity index is 0.000000720. The standard InChI is InChI=1S/C7H4N3O.K/c11-5-6-3-9-7-8-1-2-10(7)4-6;/h1-4H;/q-1;+1. The van der Waals surface area contributed by atoms with E-state index in [4.69, 9.17) is 0 Å². The van der Waals surface area contributed by atoms with Crippen molar-refractivity contribution in [1.82, 2.24) is 14.4 Å². The fourth-order valence-corrected chi connectivity index (χ4v) is 0.869. The molecule has 0 unspecified atom stereocenters. The smallest absolute Gasteiger partial charge is 0.376 e. The van der Waals surface area contributed by atoms with Crippen molar-refractivity contribution in [3.8, 4) is 0 Å². The van der Waals surface area contributed by atoms with Crippen LogP contribution in [0.5, 0.6) is 0 Å². The van der Waals surface area contributed by atoms with E-state index < -0.39 is 0 Å². The third kappa shape index (κ3) is 1.81. The van der Waals surface area contributed by atoms with Crippen LogP contribution in [-0.4, -0.2) is 20.7 Å². The van der Waals surface area contributed by atoms with Gasteiger partial charge in [-0.1, -0.05) is 12.4 Å². The Morgan fingerprint density at radius 3 is 3.00 bits per heavy atom. The van der Waals surface area contributed by atoms with Crippen LogP contribution in [-0.2, 0) is 4.79 Å². The van der Waals surface area contributed by atoms with E-state index in [9.17, 15) is 4.79 Å². The summed E-state index contributed by atoms with van der Waals surface area (Å²) in [7, 11) is 0. The number of hydrogen-bond donors (Lipinski definition) is 0. The zero-order valence-corrected chi connectivity index (χ0v) is 9.68. The summed E-state index contributed by atoms with van der Waals surface area (Å²) in [4.78, 5) is 18.0. The second-order valence-electron chi connectivity index (χ2n) is 2.08. The number of aromatic nitrogens is 3. The number of rotatable bonds is 1. The second-order valence-corrected chi connectivity index (χ2v) is 2.08. The molecule has 0 saturated carbocycles. The zero-order chi connectivity index (χ0) is 7.68. The molecule has 0 bridgehead atoms. The molecule has 0 aliphatic carbocycles. The molecule has 2 aromatic heterocycles. The van der Waals surface area contributed by atoms with E-state index in [1.54, 1.807) is 29.3 Å². The van der Waals surface area contributed by atoms with Crippen LogP contribution >= 0.6 is 0 Å². The Morgan fingerprint density at radius 1 is 1.42 bits per heavy atom. The largest absolute Gasteiger partial charge is 1.00 e. The molecule has 2 aromatic rings. The topological polar surface area (TPSA) is 47.3 Å². The minimum atomic E-state index is 0. The van der Waals surface area contributed by atoms with Crippen LogP contribution in [0.4, 0.5) is 0 Å². The van der Waals surface area contributed by atoms with Gasteiger partial charge in [0.25, 0.3) is 0 Å². The molecule has 0 aromatic carbocycles. The predicted octanol–water partition coefficient (Wildman–Crippen LogP) is -2.81. The van der Waals surface area contributed by atoms with Crippen molar-refractivity contribution in [1.29, 1.82) is 0 Å². The van der Waals surface area contributed by atoms with Crippen LogP contribution in [0.3, 0.4) is 0 Å². The van der Waals surface area contributed by atoms with Crippen molar-refractivity contribution in [2.75, 3.05) is 0 Å². The van der Waals surface area contributed by atoms with Crippen molar-refractivity contribution in [2.45, 2.75) is 0 Å². The van der Waals surface area contributed by atoms with Gasteiger partial charge in [0, 0.05) is 12.4 Å². The van der Waals surface area contributed by atoms with Gasteiger partial charge < -0.3 is 9.20 Å². The molecular weight excluding hydrogens is 181 g/mol. The molecule has 5 heteroatoms. The predicted molar refractivity (Wildman–Crippen MR) is 37.8 cm³/mol. The number of hydrogen-bond acceptors (Lipinski definition) is 3.